The summed E-state index contributed by atoms with van der Waals surface area (Å²) in [6.45, 7) is 22.0. The Bertz CT molecular complexity index is 1420. The average Bonchev–Trinajstić information content (AvgIpc) is 2.96. The number of halogens is 1. The highest BCUT2D eigenvalue weighted by Gasteiger charge is 2.37. The van der Waals surface area contributed by atoms with E-state index in [-0.39, 0.29) is 5.04 Å². The van der Waals surface area contributed by atoms with Crippen molar-refractivity contribution in [1.29, 1.82) is 0 Å². The number of hydrogen-bond acceptors (Lipinski definition) is 8. The highest BCUT2D eigenvalue weighted by atomic mass is 35.5. The zero-order valence-corrected chi connectivity index (χ0v) is 31.1. The molecule has 0 spiro atoms. The summed E-state index contributed by atoms with van der Waals surface area (Å²) in [6, 6.07) is 12.4. The van der Waals surface area contributed by atoms with E-state index in [4.69, 9.17) is 21.0 Å². The Morgan fingerprint density at radius 2 is 1.68 bits per heavy atom. The van der Waals surface area contributed by atoms with Gasteiger partial charge in [-0.3, -0.25) is 0 Å². The molecule has 3 heterocycles. The van der Waals surface area contributed by atoms with E-state index in [1.165, 1.54) is 0 Å². The zero-order chi connectivity index (χ0) is 32.3. The van der Waals surface area contributed by atoms with Crippen LogP contribution in [0.25, 0.3) is 11.1 Å². The first-order valence-corrected chi connectivity index (χ1v) is 20.4. The lowest BCUT2D eigenvalue weighted by Crippen LogP contribution is -2.44. The molecule has 7 nitrogen and oxygen atoms in total. The minimum absolute atomic E-state index is 0.111. The van der Waals surface area contributed by atoms with E-state index in [9.17, 15) is 4.55 Å². The van der Waals surface area contributed by atoms with Crippen LogP contribution >= 0.6 is 23.4 Å². The van der Waals surface area contributed by atoms with Crippen LogP contribution in [0.2, 0.25) is 23.2 Å². The summed E-state index contributed by atoms with van der Waals surface area (Å²) >= 11 is 7.40. The second-order valence-corrected chi connectivity index (χ2v) is 22.2. The smallest absolute Gasteiger partial charge is 0.192 e. The van der Waals surface area contributed by atoms with Crippen molar-refractivity contribution in [3.63, 3.8) is 0 Å². The molecule has 4 rings (SSSR count). The van der Waals surface area contributed by atoms with Crippen molar-refractivity contribution in [2.75, 3.05) is 38.1 Å². The van der Waals surface area contributed by atoms with Crippen LogP contribution in [0.1, 0.15) is 52.7 Å². The van der Waals surface area contributed by atoms with E-state index < -0.39 is 24.4 Å². The lowest BCUT2D eigenvalue weighted by Gasteiger charge is -2.36. The first kappa shape index (κ1) is 35.2. The molecule has 1 aliphatic heterocycles. The summed E-state index contributed by atoms with van der Waals surface area (Å²) in [5.74, 6) is 0.971. The van der Waals surface area contributed by atoms with E-state index >= 15 is 0 Å². The van der Waals surface area contributed by atoms with Crippen LogP contribution in [0.3, 0.4) is 0 Å². The Kier molecular flexibility index (Phi) is 11.5. The van der Waals surface area contributed by atoms with Gasteiger partial charge in [-0.15, -0.1) is 4.72 Å². The molecule has 1 atom stereocenters. The minimum Gasteiger partial charge on any atom is -0.598 e. The molecule has 0 amide bonds. The standard InChI is InChI=1S/C33H48ClN5O2S2Si/c1-32(2,3)43(40)37-22-27-19-26(24-12-14-35-29(21-24)39-17-15-38(7)16-18-39)20-28(34)30(27)42-31-25(11-10-13-36-31)23-41-44(8,9)33(4,5)6/h10-14,19-21,37H,15-18,22-23H2,1-9H3. The summed E-state index contributed by atoms with van der Waals surface area (Å²) < 4.78 is 22.4. The fraction of sp³-hybridized carbons (Fsp3) is 0.515. The second kappa shape index (κ2) is 14.4. The monoisotopic (exact) mass is 673 g/mol. The van der Waals surface area contributed by atoms with Gasteiger partial charge in [-0.05, 0) is 93.0 Å². The molecule has 1 unspecified atom stereocenters. The van der Waals surface area contributed by atoms with Gasteiger partial charge in [0.1, 0.15) is 15.6 Å². The lowest BCUT2D eigenvalue weighted by molar-refractivity contribution is 0.273. The molecule has 44 heavy (non-hydrogen) atoms. The normalized spacial score (nSPS) is 15.9. The van der Waals surface area contributed by atoms with Gasteiger partial charge in [-0.25, -0.2) is 9.97 Å². The van der Waals surface area contributed by atoms with E-state index in [1.807, 2.05) is 51.4 Å². The molecule has 1 N–H and O–H groups in total. The molecular formula is C33H48ClN5O2S2Si. The van der Waals surface area contributed by atoms with Crippen LogP contribution < -0.4 is 9.62 Å². The van der Waals surface area contributed by atoms with Crippen molar-refractivity contribution >= 4 is 48.9 Å². The predicted molar refractivity (Wildman–Crippen MR) is 189 cm³/mol. The van der Waals surface area contributed by atoms with Crippen molar-refractivity contribution < 1.29 is 8.98 Å². The maximum atomic E-state index is 13.0. The van der Waals surface area contributed by atoms with Crippen LogP contribution in [-0.4, -0.2) is 65.7 Å². The van der Waals surface area contributed by atoms with Crippen molar-refractivity contribution in [2.45, 2.75) is 87.5 Å². The average molecular weight is 674 g/mol. The number of anilines is 1. The third kappa shape index (κ3) is 9.00. The molecule has 1 fully saturated rings. The lowest BCUT2D eigenvalue weighted by atomic mass is 10.0. The molecule has 1 aliphatic rings. The fourth-order valence-corrected chi connectivity index (χ4v) is 7.43. The number of likely N-dealkylation sites (N-methyl/N-ethyl adjacent to an activating group) is 1. The summed E-state index contributed by atoms with van der Waals surface area (Å²) in [5, 5.41) is 1.60. The van der Waals surface area contributed by atoms with Gasteiger partial charge in [0.15, 0.2) is 8.32 Å². The Morgan fingerprint density at radius 3 is 2.34 bits per heavy atom. The van der Waals surface area contributed by atoms with Gasteiger partial charge in [-0.2, -0.15) is 0 Å². The summed E-state index contributed by atoms with van der Waals surface area (Å²) in [7, 11) is 0.202. The molecule has 0 radical (unpaired) electrons. The number of nitrogens with one attached hydrogen (secondary N) is 1. The van der Waals surface area contributed by atoms with Gasteiger partial charge in [0.2, 0.25) is 0 Å². The number of nitrogens with zero attached hydrogens (tertiary/aromatic N) is 4. The van der Waals surface area contributed by atoms with Crippen molar-refractivity contribution in [1.82, 2.24) is 19.6 Å². The highest BCUT2D eigenvalue weighted by molar-refractivity contribution is 7.99. The molecule has 0 saturated carbocycles. The van der Waals surface area contributed by atoms with E-state index in [1.54, 1.807) is 11.8 Å². The Morgan fingerprint density at radius 1 is 0.977 bits per heavy atom. The first-order chi connectivity index (χ1) is 20.5. The molecular weight excluding hydrogens is 626 g/mol. The number of aromatic nitrogens is 2. The molecule has 1 saturated heterocycles. The maximum Gasteiger partial charge on any atom is 0.192 e. The van der Waals surface area contributed by atoms with Crippen LogP contribution in [0, 0.1) is 0 Å². The van der Waals surface area contributed by atoms with E-state index in [0.717, 1.165) is 64.2 Å². The first-order valence-electron chi connectivity index (χ1n) is 15.2. The van der Waals surface area contributed by atoms with Gasteiger partial charge in [0.25, 0.3) is 0 Å². The van der Waals surface area contributed by atoms with Crippen LogP contribution in [-0.2, 0) is 28.9 Å². The van der Waals surface area contributed by atoms with Gasteiger partial charge < -0.3 is 18.8 Å². The molecule has 11 heteroatoms. The molecule has 0 aliphatic carbocycles. The van der Waals surface area contributed by atoms with Crippen molar-refractivity contribution in [2.24, 2.45) is 0 Å². The second-order valence-electron chi connectivity index (χ2n) is 14.0. The van der Waals surface area contributed by atoms with Crippen LogP contribution in [0.15, 0.2) is 58.7 Å². The third-order valence-electron chi connectivity index (χ3n) is 8.42. The summed E-state index contributed by atoms with van der Waals surface area (Å²) in [4.78, 5) is 15.0. The topological polar surface area (TPSA) is 76.6 Å². The quantitative estimate of drug-likeness (QED) is 0.173. The highest BCUT2D eigenvalue weighted by Crippen LogP contribution is 2.41. The van der Waals surface area contributed by atoms with E-state index in [0.29, 0.717) is 18.2 Å². The number of rotatable bonds is 10. The van der Waals surface area contributed by atoms with E-state index in [2.05, 4.69) is 78.6 Å². The van der Waals surface area contributed by atoms with Crippen LogP contribution in [0.5, 0.6) is 0 Å². The SMILES string of the molecule is CN1CCN(c2cc(-c3cc(Cl)c(Sc4ncccc4CO[Si](C)(C)C(C)(C)C)c(CN[S+]([O-])C(C)(C)C)c3)ccn2)CC1. The molecule has 0 bridgehead atoms. The van der Waals surface area contributed by atoms with Gasteiger partial charge in [0, 0.05) is 60.4 Å². The summed E-state index contributed by atoms with van der Waals surface area (Å²) in [6.07, 6.45) is 3.68. The Hall–Kier alpha value is -1.63. The summed E-state index contributed by atoms with van der Waals surface area (Å²) in [5.41, 5.74) is 4.05. The van der Waals surface area contributed by atoms with Crippen LogP contribution in [0.4, 0.5) is 5.82 Å². The largest absolute Gasteiger partial charge is 0.598 e. The molecule has 3 aromatic rings. The molecule has 1 aromatic carbocycles. The predicted octanol–water partition coefficient (Wildman–Crippen LogP) is 7.77. The Labute approximate surface area is 278 Å². The van der Waals surface area contributed by atoms with Crippen molar-refractivity contribution in [3.05, 3.63) is 64.9 Å². The Balaban J connectivity index is 1.68. The zero-order valence-electron chi connectivity index (χ0n) is 27.7. The van der Waals surface area contributed by atoms with Gasteiger partial charge >= 0.3 is 0 Å². The number of benzene rings is 1. The fourth-order valence-electron chi connectivity index (χ4n) is 4.43. The van der Waals surface area contributed by atoms with Gasteiger partial charge in [-0.1, -0.05) is 50.2 Å². The van der Waals surface area contributed by atoms with Crippen molar-refractivity contribution in [3.8, 4) is 11.1 Å². The number of piperazine rings is 1. The maximum absolute atomic E-state index is 13.0. The third-order valence-corrected chi connectivity index (χ3v) is 16.1. The molecule has 2 aromatic heterocycles. The number of hydrogen-bond donors (Lipinski definition) is 1. The number of pyridine rings is 2. The molecule has 240 valence electrons. The minimum atomic E-state index is -1.95. The van der Waals surface area contributed by atoms with Gasteiger partial charge in [0.05, 0.1) is 18.2 Å².